The first-order chi connectivity index (χ1) is 15.2. The van der Waals surface area contributed by atoms with Crippen molar-refractivity contribution in [3.63, 3.8) is 0 Å². The summed E-state index contributed by atoms with van der Waals surface area (Å²) in [5.74, 6) is 1.66. The number of pyridine rings is 1. The fourth-order valence-electron chi connectivity index (χ4n) is 3.85. The second-order valence-corrected chi connectivity index (χ2v) is 8.74. The zero-order valence-corrected chi connectivity index (χ0v) is 18.6. The Kier molecular flexibility index (Phi) is 5.40. The van der Waals surface area contributed by atoms with E-state index >= 15 is 0 Å². The molecule has 2 atom stereocenters. The zero-order chi connectivity index (χ0) is 21.2. The van der Waals surface area contributed by atoms with E-state index in [0.29, 0.717) is 5.11 Å². The molecule has 1 aliphatic rings. The van der Waals surface area contributed by atoms with Crippen molar-refractivity contribution in [3.05, 3.63) is 107 Å². The van der Waals surface area contributed by atoms with Crippen LogP contribution in [0.15, 0.2) is 90.4 Å². The van der Waals surface area contributed by atoms with Crippen LogP contribution in [0.3, 0.4) is 0 Å². The molecule has 31 heavy (non-hydrogen) atoms. The number of aryl methyl sites for hydroxylation is 1. The Morgan fingerprint density at radius 3 is 2.48 bits per heavy atom. The highest BCUT2D eigenvalue weighted by atomic mass is 32.1. The van der Waals surface area contributed by atoms with Gasteiger partial charge in [0.15, 0.2) is 5.11 Å². The molecule has 4 nitrogen and oxygen atoms in total. The second kappa shape index (κ2) is 8.49. The van der Waals surface area contributed by atoms with E-state index in [-0.39, 0.29) is 12.1 Å². The van der Waals surface area contributed by atoms with Gasteiger partial charge in [-0.15, -0.1) is 11.3 Å². The van der Waals surface area contributed by atoms with Crippen LogP contribution < -0.4 is 15.0 Å². The Bertz CT molecular complexity index is 1180. The van der Waals surface area contributed by atoms with Crippen LogP contribution in [0.25, 0.3) is 0 Å². The average molecular weight is 444 g/mol. The Morgan fingerprint density at radius 1 is 0.968 bits per heavy atom. The van der Waals surface area contributed by atoms with E-state index in [1.54, 1.807) is 11.3 Å². The number of hydrogen-bond donors (Lipinski definition) is 1. The lowest BCUT2D eigenvalue weighted by molar-refractivity contribution is 0.479. The van der Waals surface area contributed by atoms with Crippen molar-refractivity contribution in [2.75, 3.05) is 4.90 Å². The summed E-state index contributed by atoms with van der Waals surface area (Å²) in [6.07, 6.45) is 1.83. The molecule has 1 fully saturated rings. The number of anilines is 1. The lowest BCUT2D eigenvalue weighted by Gasteiger charge is -2.27. The number of thiocarbonyl (C=S) groups is 1. The molecule has 0 radical (unpaired) electrons. The van der Waals surface area contributed by atoms with Gasteiger partial charge in [0.25, 0.3) is 0 Å². The fraction of sp³-hybridized carbons (Fsp3) is 0.120. The fourth-order valence-corrected chi connectivity index (χ4v) is 5.05. The molecule has 154 valence electrons. The van der Waals surface area contributed by atoms with E-state index in [9.17, 15) is 0 Å². The van der Waals surface area contributed by atoms with E-state index in [4.69, 9.17) is 17.0 Å². The molecule has 0 saturated carbocycles. The Morgan fingerprint density at radius 2 is 1.77 bits per heavy atom. The normalized spacial score (nSPS) is 18.1. The monoisotopic (exact) mass is 443 g/mol. The van der Waals surface area contributed by atoms with Crippen LogP contribution in [-0.4, -0.2) is 10.1 Å². The van der Waals surface area contributed by atoms with Crippen LogP contribution in [0, 0.1) is 6.92 Å². The maximum Gasteiger partial charge on any atom is 0.174 e. The number of nitrogens with zero attached hydrogens (tertiary/aromatic N) is 2. The van der Waals surface area contributed by atoms with Gasteiger partial charge in [-0.2, -0.15) is 0 Å². The minimum Gasteiger partial charge on any atom is -0.457 e. The second-order valence-electron chi connectivity index (χ2n) is 7.37. The van der Waals surface area contributed by atoms with Crippen LogP contribution in [0.4, 0.5) is 5.69 Å². The van der Waals surface area contributed by atoms with Crippen molar-refractivity contribution >= 4 is 34.4 Å². The van der Waals surface area contributed by atoms with E-state index < -0.39 is 0 Å². The van der Waals surface area contributed by atoms with Crippen molar-refractivity contribution in [1.29, 1.82) is 0 Å². The van der Waals surface area contributed by atoms with Gasteiger partial charge in [0.2, 0.25) is 0 Å². The van der Waals surface area contributed by atoms with Crippen LogP contribution in [0.2, 0.25) is 0 Å². The summed E-state index contributed by atoms with van der Waals surface area (Å²) in [5, 5.41) is 6.29. The quantitative estimate of drug-likeness (QED) is 0.360. The molecule has 1 saturated heterocycles. The molecule has 0 spiro atoms. The number of aromatic nitrogens is 1. The smallest absolute Gasteiger partial charge is 0.174 e. The van der Waals surface area contributed by atoms with E-state index in [1.807, 2.05) is 67.7 Å². The SMILES string of the molecule is Cc1ccccc1Oc1ccc(N2C(=S)N[C@@H](c3ccccn3)[C@H]2c2cccs2)cc1. The van der Waals surface area contributed by atoms with Gasteiger partial charge in [0.05, 0.1) is 17.8 Å². The average Bonchev–Trinajstić information content (AvgIpc) is 3.44. The van der Waals surface area contributed by atoms with Crippen molar-refractivity contribution in [2.24, 2.45) is 0 Å². The van der Waals surface area contributed by atoms with Crippen LogP contribution in [-0.2, 0) is 0 Å². The van der Waals surface area contributed by atoms with Crippen molar-refractivity contribution < 1.29 is 4.74 Å². The molecule has 6 heteroatoms. The van der Waals surface area contributed by atoms with Crippen molar-refractivity contribution in [1.82, 2.24) is 10.3 Å². The number of ether oxygens (including phenoxy) is 1. The topological polar surface area (TPSA) is 37.4 Å². The first-order valence-electron chi connectivity index (χ1n) is 10.1. The third-order valence-electron chi connectivity index (χ3n) is 5.37. The molecule has 1 aliphatic heterocycles. The number of hydrogen-bond acceptors (Lipinski definition) is 4. The minimum absolute atomic E-state index is 0.0183. The molecule has 5 rings (SSSR count). The predicted molar refractivity (Wildman–Crippen MR) is 130 cm³/mol. The molecule has 0 bridgehead atoms. The lowest BCUT2D eigenvalue weighted by atomic mass is 10.0. The zero-order valence-electron chi connectivity index (χ0n) is 16.9. The first-order valence-corrected chi connectivity index (χ1v) is 11.4. The van der Waals surface area contributed by atoms with Gasteiger partial charge in [-0.25, -0.2) is 0 Å². The van der Waals surface area contributed by atoms with Gasteiger partial charge in [-0.1, -0.05) is 30.3 Å². The summed E-state index contributed by atoms with van der Waals surface area (Å²) < 4.78 is 6.07. The molecular formula is C25H21N3OS2. The summed E-state index contributed by atoms with van der Waals surface area (Å²) in [6, 6.07) is 26.3. The number of thiophene rings is 1. The van der Waals surface area contributed by atoms with Gasteiger partial charge in [-0.05, 0) is 78.6 Å². The van der Waals surface area contributed by atoms with E-state index in [0.717, 1.165) is 28.4 Å². The minimum atomic E-state index is -0.0183. The third-order valence-corrected chi connectivity index (χ3v) is 6.63. The molecule has 2 aromatic carbocycles. The van der Waals surface area contributed by atoms with Gasteiger partial charge < -0.3 is 15.0 Å². The summed E-state index contributed by atoms with van der Waals surface area (Å²) in [7, 11) is 0. The lowest BCUT2D eigenvalue weighted by Crippen LogP contribution is -2.28. The molecule has 3 heterocycles. The summed E-state index contributed by atoms with van der Waals surface area (Å²) in [5.41, 5.74) is 3.10. The molecule has 0 unspecified atom stereocenters. The van der Waals surface area contributed by atoms with Crippen LogP contribution >= 0.6 is 23.6 Å². The first kappa shape index (κ1) is 19.7. The van der Waals surface area contributed by atoms with Crippen LogP contribution in [0.1, 0.15) is 28.2 Å². The van der Waals surface area contributed by atoms with Crippen molar-refractivity contribution in [3.8, 4) is 11.5 Å². The number of nitrogens with one attached hydrogen (secondary N) is 1. The molecule has 0 amide bonds. The number of para-hydroxylation sites is 1. The predicted octanol–water partition coefficient (Wildman–Crippen LogP) is 6.42. The maximum absolute atomic E-state index is 6.07. The van der Waals surface area contributed by atoms with Gasteiger partial charge in [0.1, 0.15) is 11.5 Å². The summed E-state index contributed by atoms with van der Waals surface area (Å²) in [4.78, 5) is 8.01. The number of benzene rings is 2. The standard InChI is InChI=1S/C25H21N3OS2/c1-17-7-2-3-9-21(17)29-19-13-11-18(12-14-19)28-24(22-10-6-16-31-22)23(27-25(28)30)20-8-4-5-15-26-20/h2-16,23-24H,1H3,(H,27,30)/t23-,24+/m0/s1. The maximum atomic E-state index is 6.07. The highest BCUT2D eigenvalue weighted by Crippen LogP contribution is 2.43. The Labute approximate surface area is 191 Å². The highest BCUT2D eigenvalue weighted by Gasteiger charge is 2.41. The molecule has 4 aromatic rings. The van der Waals surface area contributed by atoms with E-state index in [2.05, 4.69) is 44.8 Å². The van der Waals surface area contributed by atoms with Crippen LogP contribution in [0.5, 0.6) is 11.5 Å². The van der Waals surface area contributed by atoms with Gasteiger partial charge in [-0.3, -0.25) is 4.98 Å². The van der Waals surface area contributed by atoms with E-state index in [1.165, 1.54) is 4.88 Å². The van der Waals surface area contributed by atoms with Gasteiger partial charge in [0, 0.05) is 16.8 Å². The summed E-state index contributed by atoms with van der Waals surface area (Å²) in [6.45, 7) is 2.04. The summed E-state index contributed by atoms with van der Waals surface area (Å²) >= 11 is 7.50. The molecular weight excluding hydrogens is 422 g/mol. The highest BCUT2D eigenvalue weighted by molar-refractivity contribution is 7.80. The molecule has 1 N–H and O–H groups in total. The largest absolute Gasteiger partial charge is 0.457 e. The Balaban J connectivity index is 1.46. The molecule has 0 aliphatic carbocycles. The van der Waals surface area contributed by atoms with Crippen molar-refractivity contribution in [2.45, 2.75) is 19.0 Å². The number of rotatable bonds is 5. The third kappa shape index (κ3) is 3.92. The van der Waals surface area contributed by atoms with Gasteiger partial charge >= 0.3 is 0 Å². The molecule has 2 aromatic heterocycles. The Hall–Kier alpha value is -3.22.